The summed E-state index contributed by atoms with van der Waals surface area (Å²) in [5.74, 6) is 1.61. The van der Waals surface area contributed by atoms with Crippen LogP contribution in [0.25, 0.3) is 17.2 Å². The highest BCUT2D eigenvalue weighted by atomic mass is 16.5. The number of nitrogens with zero attached hydrogens (tertiary/aromatic N) is 4. The largest absolute Gasteiger partial charge is 0.497 e. The van der Waals surface area contributed by atoms with Gasteiger partial charge in [-0.05, 0) is 31.0 Å². The second-order valence-corrected chi connectivity index (χ2v) is 7.57. The van der Waals surface area contributed by atoms with Gasteiger partial charge >= 0.3 is 0 Å². The van der Waals surface area contributed by atoms with Crippen LogP contribution in [-0.4, -0.2) is 32.2 Å². The molecule has 0 spiro atoms. The molecule has 8 nitrogen and oxygen atoms in total. The highest BCUT2D eigenvalue weighted by Gasteiger charge is 2.17. The Labute approximate surface area is 185 Å². The zero-order valence-corrected chi connectivity index (χ0v) is 18.3. The fourth-order valence-corrected chi connectivity index (χ4v) is 3.56. The molecule has 2 aromatic carbocycles. The van der Waals surface area contributed by atoms with E-state index in [1.807, 2.05) is 73.1 Å². The lowest BCUT2D eigenvalue weighted by Gasteiger charge is -2.11. The molecule has 0 bridgehead atoms. The van der Waals surface area contributed by atoms with Crippen molar-refractivity contribution in [1.82, 2.24) is 24.5 Å². The number of amides is 1. The standard InChI is InChI=1S/C24H25N5O3/c1-16-20(13-14-21(30)25-15-17-9-11-19(32-3)12-10-17)23(31)29-24(28(16)2)26-22(27-29)18-7-5-4-6-8-18/h4-12H,13-15H2,1-3H3,(H,25,30). The molecular weight excluding hydrogens is 406 g/mol. The van der Waals surface area contributed by atoms with Gasteiger partial charge < -0.3 is 14.6 Å². The molecule has 4 rings (SSSR count). The minimum absolute atomic E-state index is 0.120. The average Bonchev–Trinajstić information content (AvgIpc) is 3.28. The number of ether oxygens (including phenoxy) is 1. The third-order valence-electron chi connectivity index (χ3n) is 5.56. The molecule has 32 heavy (non-hydrogen) atoms. The van der Waals surface area contributed by atoms with E-state index >= 15 is 0 Å². The monoisotopic (exact) mass is 431 g/mol. The van der Waals surface area contributed by atoms with Gasteiger partial charge in [-0.3, -0.25) is 9.59 Å². The Morgan fingerprint density at radius 3 is 2.50 bits per heavy atom. The van der Waals surface area contributed by atoms with Crippen LogP contribution in [0.1, 0.15) is 23.2 Å². The molecule has 8 heteroatoms. The van der Waals surface area contributed by atoms with Gasteiger partial charge in [-0.1, -0.05) is 42.5 Å². The van der Waals surface area contributed by atoms with Crippen molar-refractivity contribution in [2.24, 2.45) is 7.05 Å². The third kappa shape index (κ3) is 4.25. The van der Waals surface area contributed by atoms with E-state index in [1.165, 1.54) is 4.52 Å². The molecule has 1 N–H and O–H groups in total. The zero-order valence-electron chi connectivity index (χ0n) is 18.3. The highest BCUT2D eigenvalue weighted by Crippen LogP contribution is 2.16. The van der Waals surface area contributed by atoms with Gasteiger partial charge in [0.1, 0.15) is 5.75 Å². The summed E-state index contributed by atoms with van der Waals surface area (Å²) in [7, 11) is 3.46. The first-order valence-corrected chi connectivity index (χ1v) is 10.4. The first-order valence-electron chi connectivity index (χ1n) is 10.4. The van der Waals surface area contributed by atoms with Gasteiger partial charge in [0.2, 0.25) is 11.7 Å². The topological polar surface area (TPSA) is 90.5 Å². The summed E-state index contributed by atoms with van der Waals surface area (Å²) in [4.78, 5) is 30.0. The van der Waals surface area contributed by atoms with Crippen LogP contribution >= 0.6 is 0 Å². The van der Waals surface area contributed by atoms with Gasteiger partial charge in [0.15, 0.2) is 5.82 Å². The summed E-state index contributed by atoms with van der Waals surface area (Å²) in [6.45, 7) is 2.28. The lowest BCUT2D eigenvalue weighted by atomic mass is 10.1. The van der Waals surface area contributed by atoms with Crippen LogP contribution in [0.15, 0.2) is 59.4 Å². The van der Waals surface area contributed by atoms with Crippen LogP contribution in [0.4, 0.5) is 0 Å². The van der Waals surface area contributed by atoms with Gasteiger partial charge in [0.05, 0.1) is 7.11 Å². The van der Waals surface area contributed by atoms with Crippen LogP contribution in [0.5, 0.6) is 5.75 Å². The van der Waals surface area contributed by atoms with Crippen molar-refractivity contribution in [3.8, 4) is 17.1 Å². The fraction of sp³-hybridized carbons (Fsp3) is 0.250. The van der Waals surface area contributed by atoms with E-state index in [9.17, 15) is 9.59 Å². The van der Waals surface area contributed by atoms with E-state index < -0.39 is 0 Å². The van der Waals surface area contributed by atoms with Gasteiger partial charge in [0, 0.05) is 36.8 Å². The molecule has 1 amide bonds. The maximum atomic E-state index is 13.1. The number of hydrogen-bond donors (Lipinski definition) is 1. The van der Waals surface area contributed by atoms with Crippen molar-refractivity contribution >= 4 is 11.7 Å². The second-order valence-electron chi connectivity index (χ2n) is 7.57. The Morgan fingerprint density at radius 1 is 1.09 bits per heavy atom. The molecule has 2 aromatic heterocycles. The van der Waals surface area contributed by atoms with E-state index in [4.69, 9.17) is 4.74 Å². The van der Waals surface area contributed by atoms with Gasteiger partial charge in [-0.2, -0.15) is 9.50 Å². The lowest BCUT2D eigenvalue weighted by molar-refractivity contribution is -0.121. The number of carbonyl (C=O) groups is 1. The minimum Gasteiger partial charge on any atom is -0.497 e. The molecule has 4 aromatic rings. The van der Waals surface area contributed by atoms with Crippen molar-refractivity contribution in [3.05, 3.63) is 81.8 Å². The molecule has 0 atom stereocenters. The quantitative estimate of drug-likeness (QED) is 0.486. The number of benzene rings is 2. The number of carbonyl (C=O) groups excluding carboxylic acids is 1. The molecular formula is C24H25N5O3. The molecule has 164 valence electrons. The molecule has 0 radical (unpaired) electrons. The fourth-order valence-electron chi connectivity index (χ4n) is 3.56. The summed E-state index contributed by atoms with van der Waals surface area (Å²) >= 11 is 0. The summed E-state index contributed by atoms with van der Waals surface area (Å²) in [5, 5.41) is 7.32. The smallest absolute Gasteiger partial charge is 0.279 e. The van der Waals surface area contributed by atoms with Crippen molar-refractivity contribution in [2.45, 2.75) is 26.3 Å². The van der Waals surface area contributed by atoms with Crippen LogP contribution in [-0.2, 0) is 24.8 Å². The maximum absolute atomic E-state index is 13.1. The number of rotatable bonds is 7. The summed E-state index contributed by atoms with van der Waals surface area (Å²) in [6.07, 6.45) is 0.529. The summed E-state index contributed by atoms with van der Waals surface area (Å²) in [6, 6.07) is 17.0. The SMILES string of the molecule is COc1ccc(CNC(=O)CCc2c(C)n(C)c3nc(-c4ccccc4)nn3c2=O)cc1. The Bertz CT molecular complexity index is 1310. The maximum Gasteiger partial charge on any atom is 0.279 e. The first kappa shape index (κ1) is 21.3. The van der Waals surface area contributed by atoms with Crippen LogP contribution in [0.3, 0.4) is 0 Å². The highest BCUT2D eigenvalue weighted by molar-refractivity contribution is 5.76. The Balaban J connectivity index is 1.50. The third-order valence-corrected chi connectivity index (χ3v) is 5.56. The second kappa shape index (κ2) is 9.05. The normalized spacial score (nSPS) is 11.0. The molecule has 0 aliphatic heterocycles. The summed E-state index contributed by atoms with van der Waals surface area (Å²) in [5.41, 5.74) is 2.91. The van der Waals surface area contributed by atoms with E-state index in [0.29, 0.717) is 30.1 Å². The number of aryl methyl sites for hydroxylation is 1. The Hall–Kier alpha value is -3.94. The molecule has 0 aliphatic carbocycles. The van der Waals surface area contributed by atoms with Crippen molar-refractivity contribution in [3.63, 3.8) is 0 Å². The van der Waals surface area contributed by atoms with Gasteiger partial charge in [-0.25, -0.2) is 0 Å². The van der Waals surface area contributed by atoms with E-state index in [0.717, 1.165) is 22.6 Å². The van der Waals surface area contributed by atoms with E-state index in [-0.39, 0.29) is 17.9 Å². The molecule has 0 fully saturated rings. The van der Waals surface area contributed by atoms with E-state index in [1.54, 1.807) is 7.11 Å². The minimum atomic E-state index is -0.242. The Kier molecular flexibility index (Phi) is 6.02. The lowest BCUT2D eigenvalue weighted by Crippen LogP contribution is -2.28. The van der Waals surface area contributed by atoms with Crippen molar-refractivity contribution < 1.29 is 9.53 Å². The molecule has 0 unspecified atom stereocenters. The predicted molar refractivity (Wildman–Crippen MR) is 122 cm³/mol. The molecule has 0 aliphatic rings. The van der Waals surface area contributed by atoms with Crippen molar-refractivity contribution in [1.29, 1.82) is 0 Å². The number of nitrogens with one attached hydrogen (secondary N) is 1. The van der Waals surface area contributed by atoms with Crippen LogP contribution in [0.2, 0.25) is 0 Å². The van der Waals surface area contributed by atoms with Gasteiger partial charge in [-0.15, -0.1) is 5.10 Å². The first-order chi connectivity index (χ1) is 15.5. The van der Waals surface area contributed by atoms with Crippen LogP contribution in [0, 0.1) is 6.92 Å². The molecule has 0 saturated carbocycles. The molecule has 2 heterocycles. The van der Waals surface area contributed by atoms with Crippen molar-refractivity contribution in [2.75, 3.05) is 7.11 Å². The Morgan fingerprint density at radius 2 is 1.81 bits per heavy atom. The van der Waals surface area contributed by atoms with Gasteiger partial charge in [0.25, 0.3) is 5.56 Å². The predicted octanol–water partition coefficient (Wildman–Crippen LogP) is 2.66. The number of fused-ring (bicyclic) bond motifs is 1. The summed E-state index contributed by atoms with van der Waals surface area (Å²) < 4.78 is 8.30. The molecule has 0 saturated heterocycles. The average molecular weight is 431 g/mol. The zero-order chi connectivity index (χ0) is 22.7. The number of methoxy groups -OCH3 is 1. The van der Waals surface area contributed by atoms with E-state index in [2.05, 4.69) is 15.4 Å². The number of aromatic nitrogens is 4. The van der Waals surface area contributed by atoms with Crippen LogP contribution < -0.4 is 15.6 Å². The number of hydrogen-bond acceptors (Lipinski definition) is 5.